The van der Waals surface area contributed by atoms with Crippen LogP contribution in [0.2, 0.25) is 0 Å². The standard InChI is InChI=1S/C20H26N8O2S/c1-13-12-14(2)24-19(23-13)27-31(29,30)16-8-6-15(7-9-16)28-18(22)25-17(21)26-20(28)10-4-3-5-11-20/h6-9,12H,3-5,10-11H2,1-2H3,(H,23,24,27)(H4,21,22,25,26). The largest absolute Gasteiger partial charge is 0.369 e. The summed E-state index contributed by atoms with van der Waals surface area (Å²) in [6.45, 7) is 3.56. The summed E-state index contributed by atoms with van der Waals surface area (Å²) < 4.78 is 28.1. The number of guanidine groups is 2. The van der Waals surface area contributed by atoms with Crippen molar-refractivity contribution in [3.8, 4) is 0 Å². The van der Waals surface area contributed by atoms with E-state index in [2.05, 4.69) is 24.7 Å². The number of benzene rings is 1. The molecule has 2 aromatic rings. The highest BCUT2D eigenvalue weighted by Crippen LogP contribution is 2.39. The van der Waals surface area contributed by atoms with Gasteiger partial charge in [0.15, 0.2) is 0 Å². The van der Waals surface area contributed by atoms with Gasteiger partial charge in [0, 0.05) is 17.1 Å². The Bertz CT molecular complexity index is 1130. The molecule has 1 spiro atoms. The molecule has 1 aromatic heterocycles. The summed E-state index contributed by atoms with van der Waals surface area (Å²) in [4.78, 5) is 19.0. The van der Waals surface area contributed by atoms with Crippen molar-refractivity contribution in [2.75, 3.05) is 9.62 Å². The van der Waals surface area contributed by atoms with Crippen LogP contribution >= 0.6 is 0 Å². The molecule has 10 nitrogen and oxygen atoms in total. The first-order chi connectivity index (χ1) is 14.7. The SMILES string of the molecule is Cc1cc(C)nc(NS(=O)(=O)c2ccc(N3C(N)=NC(N)=NC34CCCCC4)cc2)n1. The van der Waals surface area contributed by atoms with E-state index in [1.807, 2.05) is 4.90 Å². The quantitative estimate of drug-likeness (QED) is 0.655. The number of sulfonamides is 1. The van der Waals surface area contributed by atoms with E-state index in [-0.39, 0.29) is 22.8 Å². The van der Waals surface area contributed by atoms with Crippen LogP contribution in [0.25, 0.3) is 0 Å². The Morgan fingerprint density at radius 3 is 2.23 bits per heavy atom. The third-order valence-corrected chi connectivity index (χ3v) is 6.81. The molecule has 0 radical (unpaired) electrons. The van der Waals surface area contributed by atoms with Gasteiger partial charge in [-0.25, -0.2) is 28.1 Å². The Balaban J connectivity index is 1.63. The van der Waals surface area contributed by atoms with Gasteiger partial charge in [0.25, 0.3) is 10.0 Å². The van der Waals surface area contributed by atoms with Crippen LogP contribution < -0.4 is 21.1 Å². The Kier molecular flexibility index (Phi) is 5.29. The topological polar surface area (TPSA) is 152 Å². The van der Waals surface area contributed by atoms with Gasteiger partial charge in [0.2, 0.25) is 17.9 Å². The van der Waals surface area contributed by atoms with E-state index < -0.39 is 15.7 Å². The Hall–Kier alpha value is -3.21. The number of hydrogen-bond acceptors (Lipinski definition) is 9. The third-order valence-electron chi connectivity index (χ3n) is 5.46. The lowest BCUT2D eigenvalue weighted by Gasteiger charge is -2.45. The van der Waals surface area contributed by atoms with E-state index >= 15 is 0 Å². The molecule has 0 unspecified atom stereocenters. The molecule has 0 amide bonds. The molecule has 164 valence electrons. The van der Waals surface area contributed by atoms with Crippen molar-refractivity contribution in [3.63, 3.8) is 0 Å². The molecule has 0 bridgehead atoms. The van der Waals surface area contributed by atoms with Crippen molar-refractivity contribution in [2.45, 2.75) is 56.5 Å². The third kappa shape index (κ3) is 4.18. The normalized spacial score (nSPS) is 18.5. The highest BCUT2D eigenvalue weighted by Gasteiger charge is 2.42. The summed E-state index contributed by atoms with van der Waals surface area (Å²) in [5.74, 6) is 0.471. The van der Waals surface area contributed by atoms with Gasteiger partial charge in [0.1, 0.15) is 5.66 Å². The van der Waals surface area contributed by atoms with Gasteiger partial charge >= 0.3 is 0 Å². The molecule has 5 N–H and O–H groups in total. The zero-order valence-corrected chi connectivity index (χ0v) is 18.4. The summed E-state index contributed by atoms with van der Waals surface area (Å²) >= 11 is 0. The predicted molar refractivity (Wildman–Crippen MR) is 120 cm³/mol. The average Bonchev–Trinajstić information content (AvgIpc) is 2.67. The molecule has 1 aliphatic heterocycles. The Morgan fingerprint density at radius 1 is 1.00 bits per heavy atom. The summed E-state index contributed by atoms with van der Waals surface area (Å²) in [7, 11) is -3.85. The lowest BCUT2D eigenvalue weighted by atomic mass is 9.87. The fourth-order valence-corrected chi connectivity index (χ4v) is 5.16. The van der Waals surface area contributed by atoms with Crippen LogP contribution in [0.4, 0.5) is 11.6 Å². The summed E-state index contributed by atoms with van der Waals surface area (Å²) in [5.41, 5.74) is 13.6. The van der Waals surface area contributed by atoms with Crippen molar-refractivity contribution in [1.29, 1.82) is 0 Å². The van der Waals surface area contributed by atoms with Crippen LogP contribution in [0.5, 0.6) is 0 Å². The van der Waals surface area contributed by atoms with Crippen LogP contribution in [0, 0.1) is 13.8 Å². The number of nitrogens with one attached hydrogen (secondary N) is 1. The molecule has 0 saturated heterocycles. The number of anilines is 2. The maximum absolute atomic E-state index is 12.8. The lowest BCUT2D eigenvalue weighted by molar-refractivity contribution is 0.305. The second kappa shape index (κ2) is 7.80. The first-order valence-electron chi connectivity index (χ1n) is 10.1. The number of nitrogens with zero attached hydrogens (tertiary/aromatic N) is 5. The number of hydrogen-bond donors (Lipinski definition) is 3. The van der Waals surface area contributed by atoms with Gasteiger partial charge in [-0.2, -0.15) is 4.99 Å². The first-order valence-corrected chi connectivity index (χ1v) is 11.6. The molecular weight excluding hydrogens is 416 g/mol. The molecule has 2 heterocycles. The average molecular weight is 443 g/mol. The number of aromatic nitrogens is 2. The highest BCUT2D eigenvalue weighted by molar-refractivity contribution is 7.92. The Labute approximate surface area is 181 Å². The molecule has 11 heteroatoms. The molecule has 2 aliphatic rings. The number of aliphatic imine (C=N–C) groups is 2. The fraction of sp³-hybridized carbons (Fsp3) is 0.400. The van der Waals surface area contributed by atoms with Gasteiger partial charge in [-0.1, -0.05) is 6.42 Å². The van der Waals surface area contributed by atoms with E-state index in [1.165, 1.54) is 12.1 Å². The smallest absolute Gasteiger partial charge is 0.264 e. The second-order valence-electron chi connectivity index (χ2n) is 7.89. The minimum atomic E-state index is -3.85. The first kappa shape index (κ1) is 21.0. The van der Waals surface area contributed by atoms with Crippen LogP contribution in [0.3, 0.4) is 0 Å². The van der Waals surface area contributed by atoms with E-state index in [0.29, 0.717) is 17.1 Å². The number of nitrogens with two attached hydrogens (primary N) is 2. The molecule has 1 fully saturated rings. The summed E-state index contributed by atoms with van der Waals surface area (Å²) in [6.07, 6.45) is 4.75. The summed E-state index contributed by atoms with van der Waals surface area (Å²) in [5, 5.41) is 0. The molecule has 4 rings (SSSR count). The monoisotopic (exact) mass is 442 g/mol. The zero-order chi connectivity index (χ0) is 22.2. The number of aryl methyl sites for hydroxylation is 2. The second-order valence-corrected chi connectivity index (χ2v) is 9.57. The van der Waals surface area contributed by atoms with E-state index in [4.69, 9.17) is 11.5 Å². The molecule has 1 aromatic carbocycles. The van der Waals surface area contributed by atoms with E-state index in [1.54, 1.807) is 32.0 Å². The van der Waals surface area contributed by atoms with Crippen molar-refractivity contribution < 1.29 is 8.42 Å². The summed E-state index contributed by atoms with van der Waals surface area (Å²) in [6, 6.07) is 8.21. The molecule has 1 aliphatic carbocycles. The van der Waals surface area contributed by atoms with Crippen molar-refractivity contribution in [2.24, 2.45) is 21.5 Å². The number of rotatable bonds is 4. The molecule has 1 saturated carbocycles. The maximum atomic E-state index is 12.8. The van der Waals surface area contributed by atoms with Gasteiger partial charge < -0.3 is 11.5 Å². The minimum Gasteiger partial charge on any atom is -0.369 e. The van der Waals surface area contributed by atoms with Gasteiger partial charge in [0.05, 0.1) is 4.90 Å². The zero-order valence-electron chi connectivity index (χ0n) is 17.5. The van der Waals surface area contributed by atoms with Crippen molar-refractivity contribution in [1.82, 2.24) is 9.97 Å². The van der Waals surface area contributed by atoms with Gasteiger partial charge in [-0.05, 0) is 69.9 Å². The van der Waals surface area contributed by atoms with Crippen LogP contribution in [0.1, 0.15) is 43.5 Å². The fourth-order valence-electron chi connectivity index (χ4n) is 4.22. The predicted octanol–water partition coefficient (Wildman–Crippen LogP) is 2.00. The van der Waals surface area contributed by atoms with Crippen LogP contribution in [-0.4, -0.2) is 36.0 Å². The molecular formula is C20H26N8O2S. The van der Waals surface area contributed by atoms with Gasteiger partial charge in [-0.3, -0.25) is 4.90 Å². The minimum absolute atomic E-state index is 0.0416. The highest BCUT2D eigenvalue weighted by atomic mass is 32.2. The molecule has 0 atom stereocenters. The van der Waals surface area contributed by atoms with Crippen LogP contribution in [0.15, 0.2) is 45.2 Å². The van der Waals surface area contributed by atoms with Gasteiger partial charge in [-0.15, -0.1) is 0 Å². The van der Waals surface area contributed by atoms with Crippen molar-refractivity contribution >= 4 is 33.6 Å². The van der Waals surface area contributed by atoms with Crippen LogP contribution in [-0.2, 0) is 10.0 Å². The lowest BCUT2D eigenvalue weighted by Crippen LogP contribution is -2.58. The van der Waals surface area contributed by atoms with Crippen molar-refractivity contribution in [3.05, 3.63) is 41.7 Å². The Morgan fingerprint density at radius 2 is 1.61 bits per heavy atom. The van der Waals surface area contributed by atoms with E-state index in [9.17, 15) is 8.42 Å². The van der Waals surface area contributed by atoms with E-state index in [0.717, 1.165) is 32.1 Å². The maximum Gasteiger partial charge on any atom is 0.264 e. The molecule has 31 heavy (non-hydrogen) atoms.